The SMILES string of the molecule is Cc1ccc(C(=O)Nc2ccc(C(=O)NCC(=O)O)cc2)c(O)c1. The molecule has 0 bridgehead atoms. The monoisotopic (exact) mass is 328 g/mol. The molecule has 0 aromatic heterocycles. The van der Waals surface area contributed by atoms with Crippen LogP contribution in [0.2, 0.25) is 0 Å². The number of amides is 2. The molecule has 2 rings (SSSR count). The Morgan fingerprint density at radius 1 is 1.00 bits per heavy atom. The van der Waals surface area contributed by atoms with Gasteiger partial charge in [0.1, 0.15) is 12.3 Å². The number of benzene rings is 2. The minimum absolute atomic E-state index is 0.114. The number of anilines is 1. The standard InChI is InChI=1S/C17H16N2O5/c1-10-2-7-13(14(20)8-10)17(24)19-12-5-3-11(4-6-12)16(23)18-9-15(21)22/h2-8,20H,9H2,1H3,(H,18,23)(H,19,24)(H,21,22). The first-order chi connectivity index (χ1) is 11.4. The molecule has 0 aliphatic rings. The Balaban J connectivity index is 2.04. The third-order valence-corrected chi connectivity index (χ3v) is 3.20. The van der Waals surface area contributed by atoms with Crippen LogP contribution in [0.1, 0.15) is 26.3 Å². The highest BCUT2D eigenvalue weighted by atomic mass is 16.4. The Kier molecular flexibility index (Phi) is 5.16. The minimum Gasteiger partial charge on any atom is -0.507 e. The molecule has 2 aromatic carbocycles. The van der Waals surface area contributed by atoms with Crippen LogP contribution in [0.5, 0.6) is 5.75 Å². The molecule has 0 aliphatic heterocycles. The molecule has 24 heavy (non-hydrogen) atoms. The fourth-order valence-electron chi connectivity index (χ4n) is 2.00. The maximum atomic E-state index is 12.1. The summed E-state index contributed by atoms with van der Waals surface area (Å²) in [6, 6.07) is 10.7. The van der Waals surface area contributed by atoms with Crippen LogP contribution in [0.4, 0.5) is 5.69 Å². The van der Waals surface area contributed by atoms with Crippen LogP contribution < -0.4 is 10.6 Å². The van der Waals surface area contributed by atoms with Crippen molar-refractivity contribution in [1.82, 2.24) is 5.32 Å². The van der Waals surface area contributed by atoms with Gasteiger partial charge in [0.15, 0.2) is 0 Å². The number of aromatic hydroxyl groups is 1. The Hall–Kier alpha value is -3.35. The van der Waals surface area contributed by atoms with Gasteiger partial charge in [-0.2, -0.15) is 0 Å². The van der Waals surface area contributed by atoms with Gasteiger partial charge in [0.25, 0.3) is 11.8 Å². The second-order valence-electron chi connectivity index (χ2n) is 5.13. The maximum Gasteiger partial charge on any atom is 0.322 e. The van der Waals surface area contributed by atoms with Crippen LogP contribution in [0.15, 0.2) is 42.5 Å². The Labute approximate surface area is 137 Å². The van der Waals surface area contributed by atoms with Crippen molar-refractivity contribution >= 4 is 23.5 Å². The van der Waals surface area contributed by atoms with E-state index in [1.54, 1.807) is 13.0 Å². The largest absolute Gasteiger partial charge is 0.507 e. The number of aryl methyl sites for hydroxylation is 1. The van der Waals surface area contributed by atoms with Crippen LogP contribution >= 0.6 is 0 Å². The fourth-order valence-corrected chi connectivity index (χ4v) is 2.00. The van der Waals surface area contributed by atoms with Gasteiger partial charge in [0.2, 0.25) is 0 Å². The summed E-state index contributed by atoms with van der Waals surface area (Å²) >= 11 is 0. The van der Waals surface area contributed by atoms with Gasteiger partial charge in [-0.1, -0.05) is 6.07 Å². The number of carboxylic acid groups (broad SMARTS) is 1. The molecular formula is C17H16N2O5. The highest BCUT2D eigenvalue weighted by molar-refractivity contribution is 6.06. The Morgan fingerprint density at radius 3 is 2.25 bits per heavy atom. The Morgan fingerprint density at radius 2 is 1.67 bits per heavy atom. The quantitative estimate of drug-likeness (QED) is 0.667. The Bertz CT molecular complexity index is 784. The lowest BCUT2D eigenvalue weighted by molar-refractivity contribution is -0.135. The number of hydrogen-bond acceptors (Lipinski definition) is 4. The predicted octanol–water partition coefficient (Wildman–Crippen LogP) is 1.77. The van der Waals surface area contributed by atoms with Gasteiger partial charge in [-0.25, -0.2) is 0 Å². The molecule has 4 N–H and O–H groups in total. The van der Waals surface area contributed by atoms with E-state index in [1.807, 2.05) is 0 Å². The van der Waals surface area contributed by atoms with Crippen molar-refractivity contribution in [2.75, 3.05) is 11.9 Å². The van der Waals surface area contributed by atoms with E-state index in [0.717, 1.165) is 5.56 Å². The van der Waals surface area contributed by atoms with E-state index in [1.165, 1.54) is 36.4 Å². The smallest absolute Gasteiger partial charge is 0.322 e. The van der Waals surface area contributed by atoms with Crippen LogP contribution in [0, 0.1) is 6.92 Å². The van der Waals surface area contributed by atoms with E-state index in [4.69, 9.17) is 5.11 Å². The van der Waals surface area contributed by atoms with Crippen molar-refractivity contribution in [2.45, 2.75) is 6.92 Å². The molecule has 0 spiro atoms. The lowest BCUT2D eigenvalue weighted by atomic mass is 10.1. The van der Waals surface area contributed by atoms with Gasteiger partial charge in [-0.15, -0.1) is 0 Å². The normalized spacial score (nSPS) is 10.0. The van der Waals surface area contributed by atoms with E-state index >= 15 is 0 Å². The lowest BCUT2D eigenvalue weighted by Gasteiger charge is -2.08. The van der Waals surface area contributed by atoms with E-state index < -0.39 is 24.3 Å². The van der Waals surface area contributed by atoms with Crippen molar-refractivity contribution in [2.24, 2.45) is 0 Å². The topological polar surface area (TPSA) is 116 Å². The molecule has 7 nitrogen and oxygen atoms in total. The highest BCUT2D eigenvalue weighted by Crippen LogP contribution is 2.20. The summed E-state index contributed by atoms with van der Waals surface area (Å²) < 4.78 is 0. The highest BCUT2D eigenvalue weighted by Gasteiger charge is 2.12. The maximum absolute atomic E-state index is 12.1. The van der Waals surface area contributed by atoms with Gasteiger partial charge in [-0.3, -0.25) is 14.4 Å². The average molecular weight is 328 g/mol. The first kappa shape index (κ1) is 17.0. The van der Waals surface area contributed by atoms with Crippen LogP contribution in [0.25, 0.3) is 0 Å². The van der Waals surface area contributed by atoms with Gasteiger partial charge >= 0.3 is 5.97 Å². The first-order valence-corrected chi connectivity index (χ1v) is 7.08. The third-order valence-electron chi connectivity index (χ3n) is 3.20. The van der Waals surface area contributed by atoms with E-state index in [2.05, 4.69) is 10.6 Å². The van der Waals surface area contributed by atoms with Crippen molar-refractivity contribution < 1.29 is 24.6 Å². The zero-order chi connectivity index (χ0) is 17.7. The van der Waals surface area contributed by atoms with E-state index in [-0.39, 0.29) is 16.9 Å². The summed E-state index contributed by atoms with van der Waals surface area (Å²) in [7, 11) is 0. The lowest BCUT2D eigenvalue weighted by Crippen LogP contribution is -2.29. The number of phenols is 1. The van der Waals surface area contributed by atoms with Crippen LogP contribution in [0.3, 0.4) is 0 Å². The molecule has 0 heterocycles. The summed E-state index contributed by atoms with van der Waals surface area (Å²) in [5.41, 5.74) is 1.69. The van der Waals surface area contributed by atoms with Gasteiger partial charge < -0.3 is 20.8 Å². The molecule has 0 saturated carbocycles. The van der Waals surface area contributed by atoms with Crippen LogP contribution in [-0.2, 0) is 4.79 Å². The summed E-state index contributed by atoms with van der Waals surface area (Å²) in [6.07, 6.45) is 0. The summed E-state index contributed by atoms with van der Waals surface area (Å²) in [4.78, 5) is 34.2. The van der Waals surface area contributed by atoms with Gasteiger partial charge in [0, 0.05) is 11.3 Å². The molecule has 0 fully saturated rings. The van der Waals surface area contributed by atoms with Crippen LogP contribution in [-0.4, -0.2) is 34.5 Å². The number of hydrogen-bond donors (Lipinski definition) is 4. The van der Waals surface area contributed by atoms with Gasteiger partial charge in [0.05, 0.1) is 5.56 Å². The molecule has 2 amide bonds. The first-order valence-electron chi connectivity index (χ1n) is 7.08. The summed E-state index contributed by atoms with van der Waals surface area (Å²) in [5.74, 6) is -2.25. The second-order valence-corrected chi connectivity index (χ2v) is 5.13. The zero-order valence-corrected chi connectivity index (χ0v) is 12.9. The number of phenolic OH excluding ortho intramolecular Hbond substituents is 1. The number of rotatable bonds is 5. The second kappa shape index (κ2) is 7.28. The molecule has 0 unspecified atom stereocenters. The molecule has 0 aliphatic carbocycles. The molecule has 0 radical (unpaired) electrons. The van der Waals surface area contributed by atoms with E-state index in [9.17, 15) is 19.5 Å². The average Bonchev–Trinajstić information content (AvgIpc) is 2.53. The third kappa shape index (κ3) is 4.33. The van der Waals surface area contributed by atoms with Crippen molar-refractivity contribution in [3.8, 4) is 5.75 Å². The minimum atomic E-state index is -1.13. The van der Waals surface area contributed by atoms with Crippen molar-refractivity contribution in [1.29, 1.82) is 0 Å². The number of carboxylic acids is 1. The van der Waals surface area contributed by atoms with Crippen molar-refractivity contribution in [3.05, 3.63) is 59.2 Å². The number of aliphatic carboxylic acids is 1. The summed E-state index contributed by atoms with van der Waals surface area (Å²) in [6.45, 7) is 1.33. The zero-order valence-electron chi connectivity index (χ0n) is 12.9. The number of nitrogens with one attached hydrogen (secondary N) is 2. The van der Waals surface area contributed by atoms with Gasteiger partial charge in [-0.05, 0) is 48.9 Å². The molecule has 7 heteroatoms. The number of carbonyl (C=O) groups is 3. The number of carbonyl (C=O) groups excluding carboxylic acids is 2. The molecule has 0 saturated heterocycles. The molecule has 124 valence electrons. The van der Waals surface area contributed by atoms with E-state index in [0.29, 0.717) is 5.69 Å². The van der Waals surface area contributed by atoms with Crippen molar-refractivity contribution in [3.63, 3.8) is 0 Å². The summed E-state index contributed by atoms with van der Waals surface area (Å²) in [5, 5.41) is 23.2. The molecule has 2 aromatic rings. The predicted molar refractivity (Wildman–Crippen MR) is 87.2 cm³/mol. The fraction of sp³-hybridized carbons (Fsp3) is 0.118. The molecule has 0 atom stereocenters. The molecular weight excluding hydrogens is 312 g/mol.